The third-order valence-electron chi connectivity index (χ3n) is 2.66. The van der Waals surface area contributed by atoms with Gasteiger partial charge in [0.05, 0.1) is 11.4 Å². The Hall–Kier alpha value is -0.590. The van der Waals surface area contributed by atoms with Gasteiger partial charge in [-0.05, 0) is 25.7 Å². The maximum atomic E-state index is 12.2. The molecule has 7 heteroatoms. The molecule has 0 aliphatic carbocycles. The van der Waals surface area contributed by atoms with E-state index in [-0.39, 0.29) is 22.2 Å². The van der Waals surface area contributed by atoms with Crippen LogP contribution in [0.2, 0.25) is 0 Å². The highest BCUT2D eigenvalue weighted by Crippen LogP contribution is 2.24. The van der Waals surface area contributed by atoms with E-state index in [4.69, 9.17) is 11.6 Å². The van der Waals surface area contributed by atoms with E-state index >= 15 is 0 Å². The van der Waals surface area contributed by atoms with E-state index < -0.39 is 10.0 Å². The average Bonchev–Trinajstić information content (AvgIpc) is 2.54. The van der Waals surface area contributed by atoms with Crippen LogP contribution in [0.15, 0.2) is 4.90 Å². The molecule has 1 unspecified atom stereocenters. The number of aryl methyl sites for hydroxylation is 2. The number of nitrogens with one attached hydrogen (secondary N) is 2. The molecule has 0 radical (unpaired) electrons. The normalized spacial score (nSPS) is 14.6. The van der Waals surface area contributed by atoms with Crippen molar-refractivity contribution in [2.24, 2.45) is 5.41 Å². The summed E-state index contributed by atoms with van der Waals surface area (Å²) < 4.78 is 26.9. The maximum Gasteiger partial charge on any atom is 0.244 e. The quantitative estimate of drug-likeness (QED) is 0.820. The predicted octanol–water partition coefficient (Wildman–Crippen LogP) is 2.35. The van der Waals surface area contributed by atoms with E-state index in [1.165, 1.54) is 0 Å². The highest BCUT2D eigenvalue weighted by molar-refractivity contribution is 7.89. The van der Waals surface area contributed by atoms with Crippen LogP contribution in [0.25, 0.3) is 0 Å². The van der Waals surface area contributed by atoms with E-state index in [1.807, 2.05) is 0 Å². The number of H-pyrrole nitrogens is 1. The van der Waals surface area contributed by atoms with E-state index in [2.05, 4.69) is 35.7 Å². The number of aromatic nitrogens is 2. The molecular formula is C12H22ClN3O2S. The summed E-state index contributed by atoms with van der Waals surface area (Å²) in [6.07, 6.45) is 0.737. The van der Waals surface area contributed by atoms with Crippen molar-refractivity contribution in [3.8, 4) is 0 Å². The van der Waals surface area contributed by atoms with Crippen LogP contribution in [0, 0.1) is 19.3 Å². The monoisotopic (exact) mass is 307 g/mol. The van der Waals surface area contributed by atoms with Gasteiger partial charge in [0.1, 0.15) is 4.90 Å². The van der Waals surface area contributed by atoms with E-state index in [0.29, 0.717) is 11.4 Å². The van der Waals surface area contributed by atoms with Crippen LogP contribution in [0.4, 0.5) is 0 Å². The van der Waals surface area contributed by atoms with Gasteiger partial charge in [-0.3, -0.25) is 5.10 Å². The first-order valence-corrected chi connectivity index (χ1v) is 8.10. The van der Waals surface area contributed by atoms with Gasteiger partial charge in [-0.2, -0.15) is 5.10 Å². The highest BCUT2D eigenvalue weighted by Gasteiger charge is 2.24. The topological polar surface area (TPSA) is 74.8 Å². The second-order valence-corrected chi connectivity index (χ2v) is 8.30. The summed E-state index contributed by atoms with van der Waals surface area (Å²) in [5, 5.41) is 6.32. The number of hydrogen-bond donors (Lipinski definition) is 2. The van der Waals surface area contributed by atoms with Crippen molar-refractivity contribution >= 4 is 21.6 Å². The summed E-state index contributed by atoms with van der Waals surface area (Å²) >= 11 is 6.16. The minimum absolute atomic E-state index is 0.0688. The van der Waals surface area contributed by atoms with Crippen molar-refractivity contribution < 1.29 is 8.42 Å². The molecule has 1 atom stereocenters. The molecule has 0 aromatic carbocycles. The molecule has 19 heavy (non-hydrogen) atoms. The fourth-order valence-electron chi connectivity index (χ4n) is 1.95. The van der Waals surface area contributed by atoms with Crippen molar-refractivity contribution in [1.29, 1.82) is 0 Å². The van der Waals surface area contributed by atoms with Crippen LogP contribution in [0.3, 0.4) is 0 Å². The average molecular weight is 308 g/mol. The van der Waals surface area contributed by atoms with Gasteiger partial charge < -0.3 is 0 Å². The summed E-state index contributed by atoms with van der Waals surface area (Å²) in [5.74, 6) is 0. The first-order chi connectivity index (χ1) is 8.53. The minimum atomic E-state index is -3.56. The fraction of sp³-hybridized carbons (Fsp3) is 0.750. The fourth-order valence-corrected chi connectivity index (χ4v) is 4.03. The summed E-state index contributed by atoms with van der Waals surface area (Å²) in [5.41, 5.74) is 1.07. The SMILES string of the molecule is Cc1n[nH]c(C)c1S(=O)(=O)NCC(Cl)CC(C)(C)C. The van der Waals surface area contributed by atoms with Gasteiger partial charge in [-0.1, -0.05) is 20.8 Å². The maximum absolute atomic E-state index is 12.2. The van der Waals surface area contributed by atoms with E-state index in [0.717, 1.165) is 6.42 Å². The van der Waals surface area contributed by atoms with Gasteiger partial charge in [0.15, 0.2) is 0 Å². The van der Waals surface area contributed by atoms with Crippen molar-refractivity contribution in [3.05, 3.63) is 11.4 Å². The lowest BCUT2D eigenvalue weighted by molar-refractivity contribution is 0.369. The molecule has 0 saturated carbocycles. The summed E-state index contributed by atoms with van der Waals surface area (Å²) in [4.78, 5) is 0.215. The van der Waals surface area contributed by atoms with Crippen molar-refractivity contribution in [2.45, 2.75) is 51.3 Å². The Labute approximate surface area is 120 Å². The molecule has 1 aromatic rings. The molecule has 0 aliphatic heterocycles. The number of nitrogens with zero attached hydrogens (tertiary/aromatic N) is 1. The number of hydrogen-bond acceptors (Lipinski definition) is 3. The molecule has 5 nitrogen and oxygen atoms in total. The molecule has 0 fully saturated rings. The Morgan fingerprint density at radius 1 is 1.37 bits per heavy atom. The van der Waals surface area contributed by atoms with Crippen LogP contribution < -0.4 is 4.72 Å². The molecule has 0 amide bonds. The summed E-state index contributed by atoms with van der Waals surface area (Å²) in [6, 6.07) is 0. The number of halogens is 1. The van der Waals surface area contributed by atoms with Gasteiger partial charge >= 0.3 is 0 Å². The van der Waals surface area contributed by atoms with Gasteiger partial charge in [-0.25, -0.2) is 13.1 Å². The lowest BCUT2D eigenvalue weighted by Crippen LogP contribution is -2.32. The Morgan fingerprint density at radius 3 is 2.37 bits per heavy atom. The first-order valence-electron chi connectivity index (χ1n) is 6.18. The van der Waals surface area contributed by atoms with Gasteiger partial charge in [0.2, 0.25) is 10.0 Å². The van der Waals surface area contributed by atoms with Crippen molar-refractivity contribution in [3.63, 3.8) is 0 Å². The van der Waals surface area contributed by atoms with Crippen LogP contribution in [0.1, 0.15) is 38.6 Å². The Bertz CT molecular complexity index is 512. The number of sulfonamides is 1. The third-order valence-corrected chi connectivity index (χ3v) is 4.65. The highest BCUT2D eigenvalue weighted by atomic mass is 35.5. The Morgan fingerprint density at radius 2 is 1.95 bits per heavy atom. The lowest BCUT2D eigenvalue weighted by Gasteiger charge is -2.22. The van der Waals surface area contributed by atoms with Crippen LogP contribution in [-0.4, -0.2) is 30.5 Å². The first kappa shape index (κ1) is 16.5. The smallest absolute Gasteiger partial charge is 0.244 e. The largest absolute Gasteiger partial charge is 0.281 e. The second-order valence-electron chi connectivity index (χ2n) is 5.98. The molecule has 0 bridgehead atoms. The molecule has 2 N–H and O–H groups in total. The Kier molecular flexibility index (Phi) is 5.03. The van der Waals surface area contributed by atoms with Crippen LogP contribution >= 0.6 is 11.6 Å². The van der Waals surface area contributed by atoms with Crippen molar-refractivity contribution in [1.82, 2.24) is 14.9 Å². The molecular weight excluding hydrogens is 286 g/mol. The number of aromatic amines is 1. The third kappa shape index (κ3) is 4.78. The van der Waals surface area contributed by atoms with Gasteiger partial charge in [-0.15, -0.1) is 11.6 Å². The molecule has 0 spiro atoms. The van der Waals surface area contributed by atoms with Crippen molar-refractivity contribution in [2.75, 3.05) is 6.54 Å². The second kappa shape index (κ2) is 5.81. The molecule has 0 aliphatic rings. The van der Waals surface area contributed by atoms with Crippen LogP contribution in [0.5, 0.6) is 0 Å². The molecule has 1 aromatic heterocycles. The standard InChI is InChI=1S/C12H22ClN3O2S/c1-8-11(9(2)16-15-8)19(17,18)14-7-10(13)6-12(3,4)5/h10,14H,6-7H2,1-5H3,(H,15,16). The summed E-state index contributed by atoms with van der Waals surface area (Å²) in [7, 11) is -3.56. The molecule has 1 rings (SSSR count). The van der Waals surface area contributed by atoms with E-state index in [9.17, 15) is 8.42 Å². The Balaban J connectivity index is 2.72. The minimum Gasteiger partial charge on any atom is -0.281 e. The van der Waals surface area contributed by atoms with Gasteiger partial charge in [0, 0.05) is 11.9 Å². The zero-order valence-corrected chi connectivity index (χ0v) is 13.6. The molecule has 110 valence electrons. The van der Waals surface area contributed by atoms with Gasteiger partial charge in [0.25, 0.3) is 0 Å². The number of rotatable bonds is 5. The molecule has 0 saturated heterocycles. The van der Waals surface area contributed by atoms with E-state index in [1.54, 1.807) is 13.8 Å². The number of alkyl halides is 1. The zero-order valence-electron chi connectivity index (χ0n) is 12.0. The predicted molar refractivity (Wildman–Crippen MR) is 77.0 cm³/mol. The zero-order chi connectivity index (χ0) is 14.8. The van der Waals surface area contributed by atoms with Crippen LogP contribution in [-0.2, 0) is 10.0 Å². The molecule has 1 heterocycles. The summed E-state index contributed by atoms with van der Waals surface area (Å²) in [6.45, 7) is 9.77. The lowest BCUT2D eigenvalue weighted by atomic mass is 9.90.